The third-order valence-electron chi connectivity index (χ3n) is 15.4. The largest absolute Gasteiger partial charge is 0.507 e. The van der Waals surface area contributed by atoms with Crippen molar-refractivity contribution < 1.29 is 34.1 Å². The average Bonchev–Trinajstić information content (AvgIpc) is 4.12. The summed E-state index contributed by atoms with van der Waals surface area (Å²) in [7, 11) is 0. The number of benzene rings is 3. The van der Waals surface area contributed by atoms with Gasteiger partial charge in [0.1, 0.15) is 29.6 Å². The minimum atomic E-state index is -0.860. The molecule has 18 heteroatoms. The number of amides is 4. The van der Waals surface area contributed by atoms with Gasteiger partial charge in [-0.05, 0) is 86.4 Å². The summed E-state index contributed by atoms with van der Waals surface area (Å²) < 4.78 is 6.42. The molecule has 0 aliphatic carbocycles. The Balaban J connectivity index is 0.687. The van der Waals surface area contributed by atoms with Gasteiger partial charge in [0.05, 0.1) is 34.8 Å². The Morgan fingerprint density at radius 1 is 0.808 bits per heavy atom. The number of hydrogen-bond donors (Lipinski definition) is 5. The lowest BCUT2D eigenvalue weighted by Crippen LogP contribution is -2.57. The standard InChI is InChI=1S/C60H80N10O7S/c1-40(42-25-27-43(28-26-42)55-41(2)62-39-78-55)63-58(75)50-35-46(71)37-70(50)59(76)56(60(3,4)5)64-53(73)23-12-10-8-6-7-9-11-13-24-54(74)68-32-30-67(31-33-68)44-18-16-19-45(34-44)69-29-17-20-47(38-69)77-52-36-49(65-66-57(52)61)48-21-14-15-22-51(48)72/h14-16,18-19,21-22,25-28,34,36,39-40,46-47,50,56,71-72H,6-13,17,20,23-24,29-33,35,37-38H2,1-5H3,(H2,61,66)(H,63,75)(H,64,73)/t40-,46+,47?,50-,56+/m0/s1. The number of phenolic OH excluding ortho intramolecular Hbond substituents is 1. The summed E-state index contributed by atoms with van der Waals surface area (Å²) in [6.45, 7) is 14.2. The van der Waals surface area contributed by atoms with Gasteiger partial charge in [-0.3, -0.25) is 19.2 Å². The number of anilines is 3. The highest BCUT2D eigenvalue weighted by atomic mass is 32.1. The lowest BCUT2D eigenvalue weighted by molar-refractivity contribution is -0.144. The Morgan fingerprint density at radius 2 is 1.49 bits per heavy atom. The van der Waals surface area contributed by atoms with E-state index in [0.29, 0.717) is 55.9 Å². The predicted octanol–water partition coefficient (Wildman–Crippen LogP) is 8.83. The zero-order chi connectivity index (χ0) is 55.3. The molecule has 78 heavy (non-hydrogen) atoms. The normalized spacial score (nSPS) is 18.6. The molecule has 0 bridgehead atoms. The van der Waals surface area contributed by atoms with E-state index >= 15 is 0 Å². The number of nitrogen functional groups attached to an aromatic ring is 1. The molecule has 3 aliphatic heterocycles. The number of carbonyl (C=O) groups excluding carboxylic acids is 4. The van der Waals surface area contributed by atoms with Gasteiger partial charge in [-0.15, -0.1) is 21.5 Å². The minimum Gasteiger partial charge on any atom is -0.507 e. The topological polar surface area (TPSA) is 220 Å². The molecule has 5 aromatic rings. The van der Waals surface area contributed by atoms with Crippen molar-refractivity contribution in [2.45, 2.75) is 148 Å². The van der Waals surface area contributed by atoms with Crippen molar-refractivity contribution in [3.63, 3.8) is 0 Å². The van der Waals surface area contributed by atoms with Gasteiger partial charge in [0.15, 0.2) is 11.6 Å². The van der Waals surface area contributed by atoms with Gasteiger partial charge in [0.25, 0.3) is 0 Å². The average molecular weight is 1090 g/mol. The molecule has 0 spiro atoms. The number of carbonyl (C=O) groups is 4. The molecule has 6 N–H and O–H groups in total. The van der Waals surface area contributed by atoms with Crippen molar-refractivity contribution in [1.82, 2.24) is 35.6 Å². The first-order valence-electron chi connectivity index (χ1n) is 28.1. The first-order chi connectivity index (χ1) is 37.5. The van der Waals surface area contributed by atoms with Gasteiger partial charge in [-0.1, -0.05) is 102 Å². The molecule has 3 fully saturated rings. The number of hydrogen-bond acceptors (Lipinski definition) is 14. The number of aromatic hydroxyl groups is 1. The number of para-hydroxylation sites is 1. The number of likely N-dealkylation sites (tertiary alicyclic amines) is 1. The zero-order valence-electron chi connectivity index (χ0n) is 46.2. The van der Waals surface area contributed by atoms with E-state index in [-0.39, 0.29) is 60.3 Å². The number of thiazole rings is 1. The number of aliphatic hydroxyl groups excluding tert-OH is 1. The summed E-state index contributed by atoms with van der Waals surface area (Å²) in [6, 6.07) is 23.3. The Bertz CT molecular complexity index is 2810. The van der Waals surface area contributed by atoms with E-state index in [1.807, 2.05) is 75.4 Å². The van der Waals surface area contributed by atoms with Gasteiger partial charge in [0, 0.05) is 81.5 Å². The second-order valence-corrected chi connectivity index (χ2v) is 23.3. The Morgan fingerprint density at radius 3 is 2.17 bits per heavy atom. The molecule has 3 aliphatic rings. The summed E-state index contributed by atoms with van der Waals surface area (Å²) in [4.78, 5) is 68.0. The lowest BCUT2D eigenvalue weighted by atomic mass is 9.85. The van der Waals surface area contributed by atoms with Gasteiger partial charge < -0.3 is 50.9 Å². The zero-order valence-corrected chi connectivity index (χ0v) is 47.0. The van der Waals surface area contributed by atoms with E-state index in [0.717, 1.165) is 110 Å². The number of piperidine rings is 1. The summed E-state index contributed by atoms with van der Waals surface area (Å²) in [5.41, 5.74) is 13.7. The number of nitrogens with one attached hydrogen (secondary N) is 2. The van der Waals surface area contributed by atoms with Crippen LogP contribution in [0.25, 0.3) is 21.7 Å². The Kier molecular flexibility index (Phi) is 19.7. The summed E-state index contributed by atoms with van der Waals surface area (Å²) >= 11 is 1.58. The van der Waals surface area contributed by atoms with Crippen LogP contribution in [0, 0.1) is 12.3 Å². The van der Waals surface area contributed by atoms with Crippen LogP contribution in [0.2, 0.25) is 0 Å². The van der Waals surface area contributed by atoms with Crippen molar-refractivity contribution >= 4 is 52.2 Å². The molecule has 3 saturated heterocycles. The number of nitrogens with zero attached hydrogens (tertiary/aromatic N) is 7. The maximum Gasteiger partial charge on any atom is 0.246 e. The number of phenols is 1. The van der Waals surface area contributed by atoms with Crippen LogP contribution in [0.5, 0.6) is 11.5 Å². The molecular weight excluding hydrogens is 1000 g/mol. The third-order valence-corrected chi connectivity index (χ3v) is 16.4. The number of aromatic nitrogens is 3. The molecule has 3 aromatic carbocycles. The van der Waals surface area contributed by atoms with E-state index in [1.165, 1.54) is 4.90 Å². The van der Waals surface area contributed by atoms with E-state index in [9.17, 15) is 29.4 Å². The third kappa shape index (κ3) is 15.1. The molecule has 5 atom stereocenters. The van der Waals surface area contributed by atoms with E-state index in [1.54, 1.807) is 35.6 Å². The number of aliphatic hydroxyl groups is 1. The number of β-amino-alcohol motifs (C(OH)–C–C–N with tert-alkyl or cyclic N) is 1. The highest BCUT2D eigenvalue weighted by Gasteiger charge is 2.45. The van der Waals surface area contributed by atoms with Gasteiger partial charge in [0.2, 0.25) is 23.6 Å². The van der Waals surface area contributed by atoms with Crippen LogP contribution in [0.4, 0.5) is 17.2 Å². The van der Waals surface area contributed by atoms with Gasteiger partial charge >= 0.3 is 0 Å². The van der Waals surface area contributed by atoms with Crippen LogP contribution >= 0.6 is 11.3 Å². The SMILES string of the molecule is Cc1ncsc1-c1ccc([C@H](C)NC(=O)[C@@H]2C[C@@H](O)CN2C(=O)[C@@H](NC(=O)CCCCCCCCCCC(=O)N2CCN(c3cccc(N4CCCC(Oc5cc(-c6ccccc6O)nnc5N)C4)c3)CC2)C(C)(C)C)cc1. The summed E-state index contributed by atoms with van der Waals surface area (Å²) in [6.07, 6.45) is 9.60. The highest BCUT2D eigenvalue weighted by molar-refractivity contribution is 7.13. The van der Waals surface area contributed by atoms with Crippen LogP contribution in [-0.4, -0.2) is 129 Å². The number of rotatable bonds is 22. The number of ether oxygens (including phenoxy) is 1. The lowest BCUT2D eigenvalue weighted by Gasteiger charge is -2.38. The van der Waals surface area contributed by atoms with Crippen LogP contribution in [0.15, 0.2) is 84.4 Å². The van der Waals surface area contributed by atoms with Crippen molar-refractivity contribution in [1.29, 1.82) is 0 Å². The molecule has 1 unspecified atom stereocenters. The van der Waals surface area contributed by atoms with Crippen LogP contribution in [0.1, 0.15) is 128 Å². The quantitative estimate of drug-likeness (QED) is 0.0410. The number of aryl methyl sites for hydroxylation is 1. The molecule has 418 valence electrons. The maximum absolute atomic E-state index is 14.1. The van der Waals surface area contributed by atoms with Crippen molar-refractivity contribution in [2.75, 3.05) is 61.3 Å². The fraction of sp³-hybridized carbons (Fsp3) is 0.517. The van der Waals surface area contributed by atoms with Crippen LogP contribution in [-0.2, 0) is 19.2 Å². The van der Waals surface area contributed by atoms with Crippen molar-refractivity contribution in [3.8, 4) is 33.2 Å². The minimum absolute atomic E-state index is 0.0259. The molecule has 4 amide bonds. The first-order valence-corrected chi connectivity index (χ1v) is 28.9. The van der Waals surface area contributed by atoms with E-state index < -0.39 is 23.6 Å². The molecule has 0 saturated carbocycles. The molecule has 5 heterocycles. The maximum atomic E-state index is 14.1. The Hall–Kier alpha value is -6.79. The van der Waals surface area contributed by atoms with Crippen LogP contribution in [0.3, 0.4) is 0 Å². The predicted molar refractivity (Wildman–Crippen MR) is 307 cm³/mol. The van der Waals surface area contributed by atoms with Crippen molar-refractivity contribution in [2.24, 2.45) is 5.41 Å². The van der Waals surface area contributed by atoms with E-state index in [2.05, 4.69) is 59.9 Å². The van der Waals surface area contributed by atoms with E-state index in [4.69, 9.17) is 10.5 Å². The number of piperazine rings is 1. The van der Waals surface area contributed by atoms with Crippen LogP contribution < -0.4 is 30.9 Å². The van der Waals surface area contributed by atoms with Gasteiger partial charge in [-0.2, -0.15) is 0 Å². The molecule has 0 radical (unpaired) electrons. The molecular formula is C60H80N10O7S. The number of unbranched alkanes of at least 4 members (excludes halogenated alkanes) is 7. The van der Waals surface area contributed by atoms with Gasteiger partial charge in [-0.25, -0.2) is 4.98 Å². The molecule has 2 aromatic heterocycles. The Labute approximate surface area is 464 Å². The second kappa shape index (κ2) is 26.7. The first kappa shape index (κ1) is 57.4. The number of nitrogens with two attached hydrogens (primary N) is 1. The second-order valence-electron chi connectivity index (χ2n) is 22.4. The van der Waals surface area contributed by atoms with Crippen molar-refractivity contribution in [3.05, 3.63) is 95.6 Å². The monoisotopic (exact) mass is 1080 g/mol. The summed E-state index contributed by atoms with van der Waals surface area (Å²) in [5, 5.41) is 35.4. The highest BCUT2D eigenvalue weighted by Crippen LogP contribution is 2.34. The fourth-order valence-corrected chi connectivity index (χ4v) is 11.7. The summed E-state index contributed by atoms with van der Waals surface area (Å²) in [5.74, 6) is 0.117. The smallest absolute Gasteiger partial charge is 0.246 e. The molecule has 8 rings (SSSR count). The molecule has 17 nitrogen and oxygen atoms in total. The fourth-order valence-electron chi connectivity index (χ4n) is 10.9.